The molecule has 0 atom stereocenters. The maximum Gasteiger partial charge on any atom is 0.0171 e. The molecule has 0 N–H and O–H groups in total. The molecule has 0 unspecified atom stereocenters. The van der Waals surface area contributed by atoms with Gasteiger partial charge in [0.05, 0.1) is 0 Å². The molecule has 0 heterocycles. The Labute approximate surface area is 176 Å². The second-order valence-corrected chi connectivity index (χ2v) is 9.32. The van der Waals surface area contributed by atoms with E-state index in [1.165, 1.54) is 66.1 Å². The molecule has 0 heteroatoms. The molecule has 5 aromatic carbocycles. The van der Waals surface area contributed by atoms with Crippen LogP contribution in [0.5, 0.6) is 0 Å². The number of hydrogen-bond donors (Lipinski definition) is 0. The molecule has 5 aromatic rings. The van der Waals surface area contributed by atoms with Gasteiger partial charge in [-0.1, -0.05) is 98.8 Å². The zero-order valence-electron chi connectivity index (χ0n) is 17.3. The van der Waals surface area contributed by atoms with Crippen molar-refractivity contribution in [3.8, 4) is 22.3 Å². The maximum atomic E-state index is 2.42. The largest absolute Gasteiger partial charge is 0.0619 e. The summed E-state index contributed by atoms with van der Waals surface area (Å²) in [6.07, 6.45) is 1.03. The van der Waals surface area contributed by atoms with Crippen LogP contribution in [0.15, 0.2) is 84.9 Å². The summed E-state index contributed by atoms with van der Waals surface area (Å²) in [5, 5.41) is 5.54. The van der Waals surface area contributed by atoms with Gasteiger partial charge in [-0.25, -0.2) is 0 Å². The van der Waals surface area contributed by atoms with Crippen LogP contribution in [0.4, 0.5) is 0 Å². The van der Waals surface area contributed by atoms with E-state index in [0.717, 1.165) is 6.42 Å². The minimum Gasteiger partial charge on any atom is -0.0619 e. The van der Waals surface area contributed by atoms with E-state index in [2.05, 4.69) is 98.8 Å². The van der Waals surface area contributed by atoms with Gasteiger partial charge in [-0.15, -0.1) is 0 Å². The van der Waals surface area contributed by atoms with Crippen molar-refractivity contribution in [2.45, 2.75) is 25.7 Å². The van der Waals surface area contributed by atoms with Crippen LogP contribution in [0.25, 0.3) is 43.8 Å². The number of hydrogen-bond acceptors (Lipinski definition) is 0. The minimum absolute atomic E-state index is 0.0328. The third-order valence-electron chi connectivity index (χ3n) is 7.42. The lowest BCUT2D eigenvalue weighted by molar-refractivity contribution is 0.672. The van der Waals surface area contributed by atoms with Gasteiger partial charge in [-0.05, 0) is 72.5 Å². The normalized spacial score (nSPS) is 15.1. The van der Waals surface area contributed by atoms with Crippen LogP contribution in [0.2, 0.25) is 0 Å². The van der Waals surface area contributed by atoms with Crippen molar-refractivity contribution in [2.75, 3.05) is 0 Å². The lowest BCUT2D eigenvalue weighted by atomic mass is 9.77. The zero-order chi connectivity index (χ0) is 20.0. The second-order valence-electron chi connectivity index (χ2n) is 9.32. The molecule has 0 aliphatic heterocycles. The lowest BCUT2D eigenvalue weighted by Crippen LogP contribution is -2.16. The van der Waals surface area contributed by atoms with Gasteiger partial charge >= 0.3 is 0 Å². The molecular weight excluding hydrogens is 360 g/mol. The summed E-state index contributed by atoms with van der Waals surface area (Å²) in [7, 11) is 0. The predicted molar refractivity (Wildman–Crippen MR) is 127 cm³/mol. The fraction of sp³-hybridized carbons (Fsp3) is 0.133. The highest BCUT2D eigenvalue weighted by atomic mass is 14.4. The van der Waals surface area contributed by atoms with E-state index in [1.807, 2.05) is 0 Å². The van der Waals surface area contributed by atoms with E-state index < -0.39 is 0 Å². The Hall–Kier alpha value is -3.38. The van der Waals surface area contributed by atoms with Gasteiger partial charge in [0.2, 0.25) is 0 Å². The molecule has 0 aromatic heterocycles. The first-order chi connectivity index (χ1) is 14.7. The summed E-state index contributed by atoms with van der Waals surface area (Å²) in [6.45, 7) is 4.84. The number of fused-ring (bicyclic) bond motifs is 12. The van der Waals surface area contributed by atoms with Gasteiger partial charge in [0.15, 0.2) is 0 Å². The van der Waals surface area contributed by atoms with Crippen LogP contribution in [0, 0.1) is 0 Å². The first-order valence-electron chi connectivity index (χ1n) is 10.8. The third-order valence-corrected chi connectivity index (χ3v) is 7.42. The van der Waals surface area contributed by atoms with Crippen molar-refractivity contribution in [2.24, 2.45) is 0 Å². The Kier molecular flexibility index (Phi) is 2.96. The van der Waals surface area contributed by atoms with Gasteiger partial charge in [0.25, 0.3) is 0 Å². The monoisotopic (exact) mass is 382 g/mol. The van der Waals surface area contributed by atoms with E-state index in [0.29, 0.717) is 0 Å². The topological polar surface area (TPSA) is 0 Å². The Bertz CT molecular complexity index is 1530. The molecule has 142 valence electrons. The molecule has 2 aliphatic rings. The van der Waals surface area contributed by atoms with Crippen LogP contribution < -0.4 is 0 Å². The smallest absolute Gasteiger partial charge is 0.0171 e. The van der Waals surface area contributed by atoms with Gasteiger partial charge in [-0.3, -0.25) is 0 Å². The fourth-order valence-corrected chi connectivity index (χ4v) is 6.31. The quantitative estimate of drug-likeness (QED) is 0.251. The summed E-state index contributed by atoms with van der Waals surface area (Å²) >= 11 is 0. The van der Waals surface area contributed by atoms with E-state index >= 15 is 0 Å². The maximum absolute atomic E-state index is 2.42. The fourth-order valence-electron chi connectivity index (χ4n) is 6.31. The van der Waals surface area contributed by atoms with Crippen molar-refractivity contribution < 1.29 is 0 Å². The SMILES string of the molecule is CC1(C)c2c(ccc3ccccc23)-c2c3c(c4ccccc4c21)-c1ccccc1C3. The second kappa shape index (κ2) is 5.40. The van der Waals surface area contributed by atoms with Crippen LogP contribution in [0.1, 0.15) is 36.1 Å². The van der Waals surface area contributed by atoms with Crippen LogP contribution in [0.3, 0.4) is 0 Å². The highest BCUT2D eigenvalue weighted by Gasteiger charge is 2.41. The summed E-state index contributed by atoms with van der Waals surface area (Å²) in [4.78, 5) is 0. The van der Waals surface area contributed by atoms with Crippen molar-refractivity contribution >= 4 is 21.5 Å². The molecule has 7 rings (SSSR count). The first-order valence-corrected chi connectivity index (χ1v) is 10.8. The minimum atomic E-state index is -0.0328. The standard InChI is InChI=1S/C30H22/c1-30(2)28-21-12-6-3-9-18(21)15-16-24(28)27-25-17-19-10-4-5-11-20(19)26(25)22-13-7-8-14-23(22)29(27)30/h3-16H,17H2,1-2H3. The Balaban J connectivity index is 1.72. The third kappa shape index (κ3) is 1.83. The van der Waals surface area contributed by atoms with E-state index in [1.54, 1.807) is 0 Å². The number of rotatable bonds is 0. The van der Waals surface area contributed by atoms with Crippen molar-refractivity contribution in [3.63, 3.8) is 0 Å². The summed E-state index contributed by atoms with van der Waals surface area (Å²) in [5.41, 5.74) is 11.7. The van der Waals surface area contributed by atoms with Gasteiger partial charge in [0, 0.05) is 5.41 Å². The highest BCUT2D eigenvalue weighted by Crippen LogP contribution is 2.58. The molecule has 0 nitrogen and oxygen atoms in total. The summed E-state index contributed by atoms with van der Waals surface area (Å²) in [6, 6.07) is 31.6. The molecular formula is C30H22. The Morgan fingerprint density at radius 3 is 2.13 bits per heavy atom. The van der Waals surface area contributed by atoms with Gasteiger partial charge in [-0.2, -0.15) is 0 Å². The average molecular weight is 383 g/mol. The van der Waals surface area contributed by atoms with E-state index in [4.69, 9.17) is 0 Å². The predicted octanol–water partition coefficient (Wildman–Crippen LogP) is 7.87. The highest BCUT2D eigenvalue weighted by molar-refractivity contribution is 6.12. The molecule has 30 heavy (non-hydrogen) atoms. The molecule has 0 spiro atoms. The Morgan fingerprint density at radius 2 is 1.27 bits per heavy atom. The van der Waals surface area contributed by atoms with Gasteiger partial charge in [0.1, 0.15) is 0 Å². The summed E-state index contributed by atoms with van der Waals surface area (Å²) < 4.78 is 0. The van der Waals surface area contributed by atoms with Crippen LogP contribution >= 0.6 is 0 Å². The first kappa shape index (κ1) is 16.4. The van der Waals surface area contributed by atoms with E-state index in [-0.39, 0.29) is 5.41 Å². The average Bonchev–Trinajstić information content (AvgIpc) is 3.27. The van der Waals surface area contributed by atoms with E-state index in [9.17, 15) is 0 Å². The Morgan fingerprint density at radius 1 is 0.567 bits per heavy atom. The van der Waals surface area contributed by atoms with Crippen LogP contribution in [-0.2, 0) is 11.8 Å². The molecule has 0 saturated heterocycles. The molecule has 0 radical (unpaired) electrons. The van der Waals surface area contributed by atoms with Gasteiger partial charge < -0.3 is 0 Å². The van der Waals surface area contributed by atoms with Crippen molar-refractivity contribution in [1.29, 1.82) is 0 Å². The molecule has 2 aliphatic carbocycles. The molecule has 0 saturated carbocycles. The molecule has 0 fully saturated rings. The number of benzene rings is 5. The van der Waals surface area contributed by atoms with Crippen molar-refractivity contribution in [3.05, 3.63) is 107 Å². The lowest BCUT2D eigenvalue weighted by Gasteiger charge is -2.25. The zero-order valence-corrected chi connectivity index (χ0v) is 17.3. The molecule has 0 bridgehead atoms. The molecule has 0 amide bonds. The summed E-state index contributed by atoms with van der Waals surface area (Å²) in [5.74, 6) is 0. The van der Waals surface area contributed by atoms with Crippen LogP contribution in [-0.4, -0.2) is 0 Å². The van der Waals surface area contributed by atoms with Crippen molar-refractivity contribution in [1.82, 2.24) is 0 Å².